The van der Waals surface area contributed by atoms with Crippen LogP contribution in [0.5, 0.6) is 5.75 Å². The van der Waals surface area contributed by atoms with E-state index in [0.29, 0.717) is 82.6 Å². The Bertz CT molecular complexity index is 2520. The lowest BCUT2D eigenvalue weighted by Crippen LogP contribution is -2.42. The lowest BCUT2D eigenvalue weighted by molar-refractivity contribution is -0.156. The predicted octanol–water partition coefficient (Wildman–Crippen LogP) is 10.4. The third-order valence-electron chi connectivity index (χ3n) is 12.6. The number of para-hydroxylation sites is 1. The molecule has 0 unspecified atom stereocenters. The van der Waals surface area contributed by atoms with Crippen molar-refractivity contribution in [3.05, 3.63) is 98.5 Å². The molecule has 3 aliphatic rings. The number of ether oxygens (including phenoxy) is 3. The van der Waals surface area contributed by atoms with Crippen LogP contribution in [0.1, 0.15) is 115 Å². The van der Waals surface area contributed by atoms with E-state index >= 15 is 0 Å². The molecule has 4 heterocycles. The molecule has 2 aliphatic heterocycles. The molecule has 336 valence electrons. The maximum absolute atomic E-state index is 13.6. The number of hydrogen-bond acceptors (Lipinski definition) is 12. The summed E-state index contributed by atoms with van der Waals surface area (Å²) in [4.78, 5) is 53.6. The minimum Gasteiger partial charge on any atom is -0.492 e. The standard InChI is InChI=1S/C50H56ClN5O6S2/c1-49(2,3)62-43(57)31-34-18-21-50(22-19-34)23-27-55(28-24-50)25-8-10-33-16-17-40(38(51)30-33)61-29-9-15-42-44(46(59)60-4)53-48(64-42)56-26-20-35-11-7-12-36(37(35)32-56)45(58)54-47-52-39-13-5-6-14-41(39)63-47/h5-7,11-14,16-17,30,34H,9,15,18-29,31-32H2,1-4H3,(H,52,54,58). The number of fused-ring (bicyclic) bond motifs is 2. The second-order valence-electron chi connectivity index (χ2n) is 18.2. The van der Waals surface area contributed by atoms with Gasteiger partial charge in [-0.25, -0.2) is 14.8 Å². The fourth-order valence-corrected chi connectivity index (χ4v) is 11.3. The number of methoxy groups -OCH3 is 1. The van der Waals surface area contributed by atoms with Crippen LogP contribution >= 0.6 is 34.3 Å². The van der Waals surface area contributed by atoms with E-state index in [1.165, 1.54) is 55.5 Å². The molecule has 1 saturated carbocycles. The molecule has 1 N–H and O–H groups in total. The maximum Gasteiger partial charge on any atom is 0.357 e. The van der Waals surface area contributed by atoms with Gasteiger partial charge in [-0.2, -0.15) is 0 Å². The highest BCUT2D eigenvalue weighted by Crippen LogP contribution is 2.47. The predicted molar refractivity (Wildman–Crippen MR) is 255 cm³/mol. The number of esters is 2. The summed E-state index contributed by atoms with van der Waals surface area (Å²) in [6, 6.07) is 19.3. The molecule has 1 spiro atoms. The molecule has 1 amide bonds. The number of rotatable bonds is 12. The molecule has 0 atom stereocenters. The van der Waals surface area contributed by atoms with E-state index in [-0.39, 0.29) is 11.9 Å². The topological polar surface area (TPSA) is 123 Å². The number of benzene rings is 3. The van der Waals surface area contributed by atoms with Crippen molar-refractivity contribution in [1.82, 2.24) is 14.9 Å². The van der Waals surface area contributed by atoms with Crippen LogP contribution in [0.15, 0.2) is 60.7 Å². The number of nitrogens with zero attached hydrogens (tertiary/aromatic N) is 4. The Morgan fingerprint density at radius 1 is 0.969 bits per heavy atom. The quantitative estimate of drug-likeness (QED) is 0.0735. The average molecular weight is 923 g/mol. The number of hydrogen-bond donors (Lipinski definition) is 1. The molecule has 5 aromatic rings. The van der Waals surface area contributed by atoms with Gasteiger partial charge in [0.1, 0.15) is 11.4 Å². The molecule has 14 heteroatoms. The van der Waals surface area contributed by atoms with Crippen molar-refractivity contribution >= 4 is 72.6 Å². The second-order valence-corrected chi connectivity index (χ2v) is 20.7. The van der Waals surface area contributed by atoms with Crippen LogP contribution < -0.4 is 15.0 Å². The fraction of sp³-hybridized carbons (Fsp3) is 0.460. The van der Waals surface area contributed by atoms with E-state index in [2.05, 4.69) is 38.0 Å². The zero-order valence-corrected chi connectivity index (χ0v) is 39.5. The summed E-state index contributed by atoms with van der Waals surface area (Å²) in [5, 5.41) is 4.78. The van der Waals surface area contributed by atoms with E-state index in [1.807, 2.05) is 75.4 Å². The molecule has 2 aromatic heterocycles. The van der Waals surface area contributed by atoms with Gasteiger partial charge in [-0.3, -0.25) is 19.8 Å². The molecule has 64 heavy (non-hydrogen) atoms. The van der Waals surface area contributed by atoms with Crippen LogP contribution in [0.3, 0.4) is 0 Å². The van der Waals surface area contributed by atoms with Gasteiger partial charge in [0.15, 0.2) is 16.0 Å². The summed E-state index contributed by atoms with van der Waals surface area (Å²) in [7, 11) is 1.37. The van der Waals surface area contributed by atoms with Gasteiger partial charge in [-0.1, -0.05) is 59.0 Å². The van der Waals surface area contributed by atoms with Crippen LogP contribution in [0.25, 0.3) is 10.2 Å². The van der Waals surface area contributed by atoms with Crippen LogP contribution in [-0.2, 0) is 33.7 Å². The number of aromatic nitrogens is 2. The summed E-state index contributed by atoms with van der Waals surface area (Å²) < 4.78 is 17.8. The summed E-state index contributed by atoms with van der Waals surface area (Å²) >= 11 is 9.59. The van der Waals surface area contributed by atoms with Gasteiger partial charge in [-0.15, -0.1) is 11.3 Å². The maximum atomic E-state index is 13.6. The summed E-state index contributed by atoms with van der Waals surface area (Å²) in [5.41, 5.74) is 4.63. The minimum absolute atomic E-state index is 0.0662. The first kappa shape index (κ1) is 45.6. The van der Waals surface area contributed by atoms with Gasteiger partial charge in [0, 0.05) is 35.5 Å². The van der Waals surface area contributed by atoms with E-state index < -0.39 is 11.6 Å². The first-order chi connectivity index (χ1) is 30.8. The zero-order valence-electron chi connectivity index (χ0n) is 37.1. The summed E-state index contributed by atoms with van der Waals surface area (Å²) in [6.45, 7) is 10.2. The van der Waals surface area contributed by atoms with E-state index in [1.54, 1.807) is 0 Å². The highest BCUT2D eigenvalue weighted by atomic mass is 35.5. The zero-order chi connectivity index (χ0) is 44.8. The van der Waals surface area contributed by atoms with Gasteiger partial charge in [-0.05, 0) is 151 Å². The van der Waals surface area contributed by atoms with Crippen molar-refractivity contribution < 1.29 is 28.6 Å². The van der Waals surface area contributed by atoms with E-state index in [9.17, 15) is 14.4 Å². The lowest BCUT2D eigenvalue weighted by Gasteiger charge is -2.45. The average Bonchev–Trinajstić information content (AvgIpc) is 3.90. The molecule has 11 nitrogen and oxygen atoms in total. The SMILES string of the molecule is COC(=O)c1nc(N2CCc3cccc(C(=O)Nc4nc5ccccc5s4)c3C2)sc1CCCOc1ccc(C#CCN2CCC3(CCC(CC(=O)OC(C)(C)C)CC3)CC2)cc1Cl. The van der Waals surface area contributed by atoms with Gasteiger partial charge < -0.3 is 19.1 Å². The fourth-order valence-electron chi connectivity index (χ4n) is 9.11. The highest BCUT2D eigenvalue weighted by Gasteiger charge is 2.38. The number of piperidine rings is 1. The van der Waals surface area contributed by atoms with Crippen LogP contribution in [0.2, 0.25) is 5.02 Å². The molecular formula is C50H56ClN5O6S2. The van der Waals surface area contributed by atoms with Crippen molar-refractivity contribution in [3.63, 3.8) is 0 Å². The second kappa shape index (κ2) is 20.0. The Balaban J connectivity index is 0.805. The first-order valence-electron chi connectivity index (χ1n) is 22.3. The monoisotopic (exact) mass is 921 g/mol. The summed E-state index contributed by atoms with van der Waals surface area (Å²) in [5.74, 6) is 6.92. The Kier molecular flexibility index (Phi) is 14.3. The van der Waals surface area contributed by atoms with Gasteiger partial charge >= 0.3 is 11.9 Å². The largest absolute Gasteiger partial charge is 0.492 e. The molecule has 1 aliphatic carbocycles. The van der Waals surface area contributed by atoms with Crippen molar-refractivity contribution in [1.29, 1.82) is 0 Å². The van der Waals surface area contributed by atoms with Crippen LogP contribution in [0.4, 0.5) is 10.3 Å². The molecule has 0 radical (unpaired) electrons. The van der Waals surface area contributed by atoms with Crippen LogP contribution in [-0.4, -0.2) is 78.2 Å². The van der Waals surface area contributed by atoms with E-state index in [0.717, 1.165) is 70.7 Å². The number of aryl methyl sites for hydroxylation is 1. The number of thiazole rings is 2. The molecule has 0 bridgehead atoms. The Morgan fingerprint density at radius 2 is 1.77 bits per heavy atom. The lowest BCUT2D eigenvalue weighted by atomic mass is 9.65. The normalized spacial score (nSPS) is 16.5. The molecule has 3 aromatic carbocycles. The number of carbonyl (C=O) groups is 3. The highest BCUT2D eigenvalue weighted by molar-refractivity contribution is 7.22. The number of carbonyl (C=O) groups excluding carboxylic acids is 3. The van der Waals surface area contributed by atoms with Crippen LogP contribution in [0, 0.1) is 23.2 Å². The summed E-state index contributed by atoms with van der Waals surface area (Å²) in [6.07, 6.45) is 9.44. The molecule has 2 fully saturated rings. The van der Waals surface area contributed by atoms with E-state index in [4.69, 9.17) is 30.8 Å². The van der Waals surface area contributed by atoms with Gasteiger partial charge in [0.25, 0.3) is 5.91 Å². The minimum atomic E-state index is -0.480. The third kappa shape index (κ3) is 11.3. The van der Waals surface area contributed by atoms with Crippen molar-refractivity contribution in [3.8, 4) is 17.6 Å². The number of amides is 1. The number of nitrogens with one attached hydrogen (secondary N) is 1. The number of likely N-dealkylation sites (tertiary alicyclic amines) is 1. The Hall–Kier alpha value is -5.00. The Morgan fingerprint density at radius 3 is 2.52 bits per heavy atom. The molecule has 8 rings (SSSR count). The number of anilines is 2. The number of halogens is 1. The molecular weight excluding hydrogens is 866 g/mol. The Labute approximate surface area is 388 Å². The third-order valence-corrected chi connectivity index (χ3v) is 15.0. The van der Waals surface area contributed by atoms with Crippen molar-refractivity contribution in [2.75, 3.05) is 50.1 Å². The molecule has 1 saturated heterocycles. The smallest absolute Gasteiger partial charge is 0.357 e. The van der Waals surface area contributed by atoms with Crippen molar-refractivity contribution in [2.45, 2.75) is 97.1 Å². The van der Waals surface area contributed by atoms with Gasteiger partial charge in [0.2, 0.25) is 0 Å². The van der Waals surface area contributed by atoms with Crippen molar-refractivity contribution in [2.24, 2.45) is 11.3 Å². The van der Waals surface area contributed by atoms with Gasteiger partial charge in [0.05, 0.1) is 35.5 Å². The first-order valence-corrected chi connectivity index (χ1v) is 24.3.